The molecule has 6 heteroatoms. The summed E-state index contributed by atoms with van der Waals surface area (Å²) in [4.78, 5) is 13.5. The van der Waals surface area contributed by atoms with Crippen molar-refractivity contribution >= 4 is 21.6 Å². The van der Waals surface area contributed by atoms with Crippen LogP contribution in [0.25, 0.3) is 11.1 Å². The molecule has 0 aliphatic carbocycles. The topological polar surface area (TPSA) is 80.5 Å². The van der Waals surface area contributed by atoms with E-state index < -0.39 is 15.9 Å². The van der Waals surface area contributed by atoms with Gasteiger partial charge in [0.1, 0.15) is 0 Å². The van der Waals surface area contributed by atoms with E-state index in [0.717, 1.165) is 12.0 Å². The highest BCUT2D eigenvalue weighted by atomic mass is 32.2. The summed E-state index contributed by atoms with van der Waals surface area (Å²) in [7, 11) is -3.32. The van der Waals surface area contributed by atoms with Crippen LogP contribution in [0.15, 0.2) is 53.4 Å². The number of hydrogen-bond donors (Lipinski definition) is 1. The highest BCUT2D eigenvalue weighted by Gasteiger charge is 2.19. The highest BCUT2D eigenvalue weighted by molar-refractivity contribution is 7.90. The molecule has 0 aliphatic heterocycles. The number of primary amides is 1. The summed E-state index contributed by atoms with van der Waals surface area (Å²) in [5, 5.41) is 0. The first-order valence-corrected chi connectivity index (χ1v) is 9.63. The van der Waals surface area contributed by atoms with Gasteiger partial charge in [0.2, 0.25) is 0 Å². The van der Waals surface area contributed by atoms with Crippen LogP contribution in [0.2, 0.25) is 0 Å². The maximum Gasteiger partial charge on any atom is 0.319 e. The van der Waals surface area contributed by atoms with Crippen molar-refractivity contribution in [3.63, 3.8) is 0 Å². The molecule has 0 heterocycles. The first kappa shape index (κ1) is 18.0. The van der Waals surface area contributed by atoms with Crippen LogP contribution in [0.4, 0.5) is 10.5 Å². The minimum Gasteiger partial charge on any atom is -0.351 e. The number of rotatable bonds is 5. The van der Waals surface area contributed by atoms with Crippen LogP contribution < -0.4 is 10.6 Å². The minimum absolute atomic E-state index is 0.0170. The van der Waals surface area contributed by atoms with Crippen LogP contribution in [0.5, 0.6) is 0 Å². The number of urea groups is 1. The molecule has 0 bridgehead atoms. The van der Waals surface area contributed by atoms with Crippen LogP contribution in [0, 0.1) is 0 Å². The Morgan fingerprint density at radius 2 is 1.71 bits per heavy atom. The van der Waals surface area contributed by atoms with Crippen molar-refractivity contribution in [3.05, 3.63) is 48.5 Å². The fraction of sp³-hybridized carbons (Fsp3) is 0.278. The Kier molecular flexibility index (Phi) is 5.29. The number of benzene rings is 2. The smallest absolute Gasteiger partial charge is 0.319 e. The monoisotopic (exact) mass is 346 g/mol. The molecule has 1 unspecified atom stereocenters. The average Bonchev–Trinajstić information content (AvgIpc) is 2.54. The van der Waals surface area contributed by atoms with Gasteiger partial charge in [-0.25, -0.2) is 13.2 Å². The van der Waals surface area contributed by atoms with Gasteiger partial charge < -0.3 is 5.73 Å². The molecule has 2 N–H and O–H groups in total. The SMILES string of the molecule is CCC(C)N(C(N)=O)c1ccc(-c2ccccc2S(C)(=O)=O)cc1. The molecule has 0 aliphatic rings. The van der Waals surface area contributed by atoms with E-state index in [-0.39, 0.29) is 10.9 Å². The van der Waals surface area contributed by atoms with E-state index in [2.05, 4.69) is 0 Å². The van der Waals surface area contributed by atoms with Crippen molar-refractivity contribution in [2.45, 2.75) is 31.2 Å². The number of nitrogens with zero attached hydrogens (tertiary/aromatic N) is 1. The van der Waals surface area contributed by atoms with Crippen molar-refractivity contribution in [1.29, 1.82) is 0 Å². The Balaban J connectivity index is 2.46. The summed E-state index contributed by atoms with van der Waals surface area (Å²) in [6, 6.07) is 13.5. The lowest BCUT2D eigenvalue weighted by Crippen LogP contribution is -2.42. The molecule has 24 heavy (non-hydrogen) atoms. The molecule has 2 rings (SSSR count). The zero-order valence-electron chi connectivity index (χ0n) is 14.1. The van der Waals surface area contributed by atoms with Crippen molar-refractivity contribution < 1.29 is 13.2 Å². The largest absolute Gasteiger partial charge is 0.351 e. The van der Waals surface area contributed by atoms with Gasteiger partial charge in [0, 0.05) is 23.5 Å². The Morgan fingerprint density at radius 3 is 2.21 bits per heavy atom. The zero-order valence-corrected chi connectivity index (χ0v) is 14.9. The van der Waals surface area contributed by atoms with E-state index in [0.29, 0.717) is 11.3 Å². The Bertz CT molecular complexity index is 830. The standard InChI is InChI=1S/C18H22N2O3S/c1-4-13(2)20(18(19)21)15-11-9-14(10-12-15)16-7-5-6-8-17(16)24(3,22)23/h5-13H,4H2,1-3H3,(H2,19,21). The maximum absolute atomic E-state index is 12.0. The van der Waals surface area contributed by atoms with Crippen molar-refractivity contribution in [3.8, 4) is 11.1 Å². The number of sulfone groups is 1. The summed E-state index contributed by atoms with van der Waals surface area (Å²) >= 11 is 0. The second kappa shape index (κ2) is 7.05. The molecule has 2 aromatic carbocycles. The lowest BCUT2D eigenvalue weighted by molar-refractivity contribution is 0.252. The van der Waals surface area contributed by atoms with Gasteiger partial charge in [-0.15, -0.1) is 0 Å². The molecule has 0 aromatic heterocycles. The Hall–Kier alpha value is -2.34. The van der Waals surface area contributed by atoms with Gasteiger partial charge in [0.25, 0.3) is 0 Å². The maximum atomic E-state index is 12.0. The summed E-state index contributed by atoms with van der Waals surface area (Å²) < 4.78 is 23.9. The zero-order chi connectivity index (χ0) is 17.9. The molecular weight excluding hydrogens is 324 g/mol. The van der Waals surface area contributed by atoms with Crippen LogP contribution in [-0.4, -0.2) is 26.7 Å². The fourth-order valence-corrected chi connectivity index (χ4v) is 3.52. The first-order chi connectivity index (χ1) is 11.3. The molecule has 0 saturated heterocycles. The molecule has 0 saturated carbocycles. The molecule has 5 nitrogen and oxygen atoms in total. The molecule has 128 valence electrons. The predicted molar refractivity (Wildman–Crippen MR) is 96.8 cm³/mol. The molecule has 2 amide bonds. The van der Waals surface area contributed by atoms with E-state index in [4.69, 9.17) is 5.73 Å². The van der Waals surface area contributed by atoms with Gasteiger partial charge in [0.05, 0.1) is 4.90 Å². The van der Waals surface area contributed by atoms with Crippen molar-refractivity contribution in [1.82, 2.24) is 0 Å². The number of nitrogens with two attached hydrogens (primary N) is 1. The lowest BCUT2D eigenvalue weighted by atomic mass is 10.0. The van der Waals surface area contributed by atoms with Crippen molar-refractivity contribution in [2.75, 3.05) is 11.2 Å². The Morgan fingerprint density at radius 1 is 1.12 bits per heavy atom. The number of carbonyl (C=O) groups excluding carboxylic acids is 1. The van der Waals surface area contributed by atoms with E-state index in [1.165, 1.54) is 11.2 Å². The third kappa shape index (κ3) is 3.76. The average molecular weight is 346 g/mol. The molecule has 0 spiro atoms. The number of carbonyl (C=O) groups is 1. The van der Waals surface area contributed by atoms with Crippen molar-refractivity contribution in [2.24, 2.45) is 5.73 Å². The summed E-state index contributed by atoms with van der Waals surface area (Å²) in [5.74, 6) is 0. The van der Waals surface area contributed by atoms with E-state index in [1.807, 2.05) is 13.8 Å². The van der Waals surface area contributed by atoms with Gasteiger partial charge in [0.15, 0.2) is 9.84 Å². The normalized spacial score (nSPS) is 12.6. The van der Waals surface area contributed by atoms with Gasteiger partial charge >= 0.3 is 6.03 Å². The van der Waals surface area contributed by atoms with Gasteiger partial charge in [-0.05, 0) is 37.1 Å². The molecule has 0 fully saturated rings. The number of amides is 2. The molecule has 1 atom stereocenters. The second-order valence-electron chi connectivity index (χ2n) is 5.78. The fourth-order valence-electron chi connectivity index (χ4n) is 2.61. The number of anilines is 1. The summed E-state index contributed by atoms with van der Waals surface area (Å²) in [6.45, 7) is 3.91. The second-order valence-corrected chi connectivity index (χ2v) is 7.76. The molecule has 2 aromatic rings. The van der Waals surface area contributed by atoms with Crippen LogP contribution in [0.3, 0.4) is 0 Å². The van der Waals surface area contributed by atoms with Crippen LogP contribution >= 0.6 is 0 Å². The van der Waals surface area contributed by atoms with E-state index >= 15 is 0 Å². The van der Waals surface area contributed by atoms with Gasteiger partial charge in [-0.3, -0.25) is 4.90 Å². The first-order valence-electron chi connectivity index (χ1n) is 7.74. The van der Waals surface area contributed by atoms with E-state index in [1.54, 1.807) is 48.5 Å². The quantitative estimate of drug-likeness (QED) is 0.900. The summed E-state index contributed by atoms with van der Waals surface area (Å²) in [5.41, 5.74) is 7.59. The van der Waals surface area contributed by atoms with E-state index in [9.17, 15) is 13.2 Å². The number of hydrogen-bond acceptors (Lipinski definition) is 3. The summed E-state index contributed by atoms with van der Waals surface area (Å²) in [6.07, 6.45) is 1.97. The van der Waals surface area contributed by atoms with Gasteiger partial charge in [-0.2, -0.15) is 0 Å². The minimum atomic E-state index is -3.32. The third-order valence-corrected chi connectivity index (χ3v) is 5.17. The lowest BCUT2D eigenvalue weighted by Gasteiger charge is -2.27. The van der Waals surface area contributed by atoms with Gasteiger partial charge in [-0.1, -0.05) is 37.3 Å². The molecule has 0 radical (unpaired) electrons. The third-order valence-electron chi connectivity index (χ3n) is 4.01. The molecular formula is C18H22N2O3S. The highest BCUT2D eigenvalue weighted by Crippen LogP contribution is 2.29. The van der Waals surface area contributed by atoms with Crippen LogP contribution in [0.1, 0.15) is 20.3 Å². The van der Waals surface area contributed by atoms with Crippen LogP contribution in [-0.2, 0) is 9.84 Å². The Labute approximate surface area is 143 Å². The predicted octanol–water partition coefficient (Wildman–Crippen LogP) is 3.44.